The molecule has 0 atom stereocenters. The molecule has 5 heteroatoms. The average Bonchev–Trinajstić information content (AvgIpc) is 2.40. The van der Waals surface area contributed by atoms with E-state index in [0.717, 1.165) is 11.3 Å². The van der Waals surface area contributed by atoms with E-state index in [1.165, 1.54) is 0 Å². The number of carbonyl (C=O) groups excluding carboxylic acids is 1. The molecule has 1 aliphatic rings. The number of halogens is 3. The molecule has 1 aromatic heterocycles. The molecule has 0 radical (unpaired) electrons. The molecule has 1 saturated carbocycles. The Balaban J connectivity index is 1.91. The van der Waals surface area contributed by atoms with E-state index in [9.17, 15) is 18.0 Å². The summed E-state index contributed by atoms with van der Waals surface area (Å²) in [6.45, 7) is 1.89. The maximum absolute atomic E-state index is 12.6. The first kappa shape index (κ1) is 15.0. The Hall–Kier alpha value is -1.39. The molecule has 2 rings (SSSR count). The van der Waals surface area contributed by atoms with Gasteiger partial charge in [0.15, 0.2) is 0 Å². The fraction of sp³-hybridized carbons (Fsp3) is 0.600. The highest BCUT2D eigenvalue weighted by Crippen LogP contribution is 2.39. The zero-order valence-corrected chi connectivity index (χ0v) is 11.4. The third kappa shape index (κ3) is 3.58. The van der Waals surface area contributed by atoms with Gasteiger partial charge in [-0.1, -0.05) is 6.07 Å². The summed E-state index contributed by atoms with van der Waals surface area (Å²) < 4.78 is 37.7. The lowest BCUT2D eigenvalue weighted by Crippen LogP contribution is -2.31. The van der Waals surface area contributed by atoms with E-state index >= 15 is 0 Å². The Morgan fingerprint density at radius 1 is 1.30 bits per heavy atom. The van der Waals surface area contributed by atoms with Crippen molar-refractivity contribution in [3.05, 3.63) is 29.6 Å². The van der Waals surface area contributed by atoms with Gasteiger partial charge in [0.1, 0.15) is 5.78 Å². The van der Waals surface area contributed by atoms with Gasteiger partial charge in [-0.15, -0.1) is 0 Å². The van der Waals surface area contributed by atoms with Crippen LogP contribution in [0.5, 0.6) is 0 Å². The first-order valence-corrected chi connectivity index (χ1v) is 6.88. The van der Waals surface area contributed by atoms with Crippen LogP contribution in [0.4, 0.5) is 13.2 Å². The summed E-state index contributed by atoms with van der Waals surface area (Å²) in [5.74, 6) is -1.45. The standard InChI is InChI=1S/C15H18F3NO/c1-10-3-2-8-19-13(10)9-14(20)11-4-6-12(7-5-11)15(16,17)18/h2-3,8,11-12H,4-7,9H2,1H3. The quantitative estimate of drug-likeness (QED) is 0.843. The highest BCUT2D eigenvalue weighted by molar-refractivity contribution is 5.83. The molecule has 0 N–H and O–H groups in total. The van der Waals surface area contributed by atoms with Crippen LogP contribution in [-0.4, -0.2) is 16.9 Å². The fourth-order valence-corrected chi connectivity index (χ4v) is 2.76. The first-order valence-electron chi connectivity index (χ1n) is 6.88. The van der Waals surface area contributed by atoms with Crippen LogP contribution in [0, 0.1) is 18.8 Å². The first-order chi connectivity index (χ1) is 9.38. The molecule has 1 heterocycles. The summed E-state index contributed by atoms with van der Waals surface area (Å²) in [6, 6.07) is 3.69. The number of ketones is 1. The molecule has 0 unspecified atom stereocenters. The van der Waals surface area contributed by atoms with Crippen LogP contribution in [0.15, 0.2) is 18.3 Å². The van der Waals surface area contributed by atoms with Crippen molar-refractivity contribution in [1.29, 1.82) is 0 Å². The fourth-order valence-electron chi connectivity index (χ4n) is 2.76. The lowest BCUT2D eigenvalue weighted by atomic mass is 9.79. The largest absolute Gasteiger partial charge is 0.391 e. The second kappa shape index (κ2) is 5.94. The predicted octanol–water partition coefficient (Wildman–Crippen LogP) is 3.87. The molecular weight excluding hydrogens is 267 g/mol. The topological polar surface area (TPSA) is 30.0 Å². The second-order valence-corrected chi connectivity index (χ2v) is 5.50. The number of carbonyl (C=O) groups is 1. The van der Waals surface area contributed by atoms with Gasteiger partial charge in [0, 0.05) is 18.5 Å². The molecule has 1 aromatic rings. The summed E-state index contributed by atoms with van der Waals surface area (Å²) in [5.41, 5.74) is 1.68. The molecule has 0 aromatic carbocycles. The van der Waals surface area contributed by atoms with Crippen LogP contribution in [0.2, 0.25) is 0 Å². The van der Waals surface area contributed by atoms with Gasteiger partial charge in [-0.3, -0.25) is 9.78 Å². The van der Waals surface area contributed by atoms with Crippen LogP contribution >= 0.6 is 0 Å². The van der Waals surface area contributed by atoms with Crippen LogP contribution < -0.4 is 0 Å². The van der Waals surface area contributed by atoms with E-state index in [-0.39, 0.29) is 31.0 Å². The smallest absolute Gasteiger partial charge is 0.299 e. The minimum absolute atomic E-state index is 0.0208. The Labute approximate surface area is 116 Å². The van der Waals surface area contributed by atoms with Gasteiger partial charge in [-0.25, -0.2) is 0 Å². The van der Waals surface area contributed by atoms with Crippen LogP contribution in [0.3, 0.4) is 0 Å². The van der Waals surface area contributed by atoms with Crippen molar-refractivity contribution in [2.24, 2.45) is 11.8 Å². The molecule has 0 bridgehead atoms. The summed E-state index contributed by atoms with van der Waals surface area (Å²) in [7, 11) is 0. The monoisotopic (exact) mass is 285 g/mol. The van der Waals surface area contributed by atoms with Crippen LogP contribution in [-0.2, 0) is 11.2 Å². The average molecular weight is 285 g/mol. The number of Topliss-reactive ketones (excluding diaryl/α,β-unsaturated/α-hetero) is 1. The summed E-state index contributed by atoms with van der Waals surface area (Å²) in [6.07, 6.45) is -1.43. The van der Waals surface area contributed by atoms with E-state index in [0.29, 0.717) is 12.8 Å². The molecule has 0 spiro atoms. The Bertz CT molecular complexity index is 476. The normalized spacial score (nSPS) is 23.6. The maximum Gasteiger partial charge on any atom is 0.391 e. The number of alkyl halides is 3. The van der Waals surface area contributed by atoms with Gasteiger partial charge < -0.3 is 0 Å². The highest BCUT2D eigenvalue weighted by atomic mass is 19.4. The third-order valence-corrected chi connectivity index (χ3v) is 4.10. The maximum atomic E-state index is 12.6. The second-order valence-electron chi connectivity index (χ2n) is 5.50. The highest BCUT2D eigenvalue weighted by Gasteiger charge is 2.42. The van der Waals surface area contributed by atoms with Gasteiger partial charge in [-0.05, 0) is 44.2 Å². The lowest BCUT2D eigenvalue weighted by Gasteiger charge is -2.29. The zero-order valence-electron chi connectivity index (χ0n) is 11.4. The molecule has 0 saturated heterocycles. The number of hydrogen-bond acceptors (Lipinski definition) is 2. The summed E-state index contributed by atoms with van der Waals surface area (Å²) in [4.78, 5) is 16.3. The SMILES string of the molecule is Cc1cccnc1CC(=O)C1CCC(C(F)(F)F)CC1. The molecule has 1 aliphatic carbocycles. The number of pyridine rings is 1. The van der Waals surface area contributed by atoms with Gasteiger partial charge in [-0.2, -0.15) is 13.2 Å². The van der Waals surface area contributed by atoms with Crippen LogP contribution in [0.1, 0.15) is 36.9 Å². The number of rotatable bonds is 3. The molecule has 2 nitrogen and oxygen atoms in total. The van der Waals surface area contributed by atoms with Gasteiger partial charge >= 0.3 is 6.18 Å². The predicted molar refractivity (Wildman–Crippen MR) is 69.2 cm³/mol. The molecule has 0 amide bonds. The number of aromatic nitrogens is 1. The Morgan fingerprint density at radius 3 is 2.50 bits per heavy atom. The van der Waals surface area contributed by atoms with Gasteiger partial charge in [0.25, 0.3) is 0 Å². The summed E-state index contributed by atoms with van der Waals surface area (Å²) in [5, 5.41) is 0. The molecule has 20 heavy (non-hydrogen) atoms. The van der Waals surface area contributed by atoms with Crippen molar-refractivity contribution < 1.29 is 18.0 Å². The minimum Gasteiger partial charge on any atom is -0.299 e. The number of aryl methyl sites for hydroxylation is 1. The van der Waals surface area contributed by atoms with Crippen molar-refractivity contribution in [3.63, 3.8) is 0 Å². The molecular formula is C15H18F3NO. The van der Waals surface area contributed by atoms with Crippen molar-refractivity contribution in [2.75, 3.05) is 0 Å². The van der Waals surface area contributed by atoms with E-state index in [2.05, 4.69) is 4.98 Å². The molecule has 1 fully saturated rings. The Kier molecular flexibility index (Phi) is 4.45. The van der Waals surface area contributed by atoms with Crippen molar-refractivity contribution >= 4 is 5.78 Å². The van der Waals surface area contributed by atoms with E-state index in [1.807, 2.05) is 13.0 Å². The van der Waals surface area contributed by atoms with E-state index in [4.69, 9.17) is 0 Å². The zero-order chi connectivity index (χ0) is 14.8. The third-order valence-electron chi connectivity index (χ3n) is 4.10. The number of nitrogens with zero attached hydrogens (tertiary/aromatic N) is 1. The van der Waals surface area contributed by atoms with Gasteiger partial charge in [0.05, 0.1) is 11.6 Å². The molecule has 0 aliphatic heterocycles. The van der Waals surface area contributed by atoms with E-state index < -0.39 is 12.1 Å². The Morgan fingerprint density at radius 2 is 1.95 bits per heavy atom. The van der Waals surface area contributed by atoms with Crippen molar-refractivity contribution in [2.45, 2.75) is 45.2 Å². The minimum atomic E-state index is -4.12. The summed E-state index contributed by atoms with van der Waals surface area (Å²) >= 11 is 0. The van der Waals surface area contributed by atoms with Crippen LogP contribution in [0.25, 0.3) is 0 Å². The van der Waals surface area contributed by atoms with Crippen molar-refractivity contribution in [1.82, 2.24) is 4.98 Å². The lowest BCUT2D eigenvalue weighted by molar-refractivity contribution is -0.184. The van der Waals surface area contributed by atoms with E-state index in [1.54, 1.807) is 12.3 Å². The van der Waals surface area contributed by atoms with Gasteiger partial charge in [0.2, 0.25) is 0 Å². The number of hydrogen-bond donors (Lipinski definition) is 0. The van der Waals surface area contributed by atoms with Crippen molar-refractivity contribution in [3.8, 4) is 0 Å². The molecule has 110 valence electrons.